The predicted molar refractivity (Wildman–Crippen MR) is 93.8 cm³/mol. The maximum atomic E-state index is 12.5. The van der Waals surface area contributed by atoms with Crippen molar-refractivity contribution in [1.29, 1.82) is 0 Å². The third-order valence-corrected chi connectivity index (χ3v) is 4.87. The van der Waals surface area contributed by atoms with Gasteiger partial charge in [-0.3, -0.25) is 9.59 Å². The molecule has 2 aliphatic heterocycles. The highest BCUT2D eigenvalue weighted by atomic mass is 16.5. The van der Waals surface area contributed by atoms with Crippen molar-refractivity contribution in [2.24, 2.45) is 0 Å². The number of carbonyl (C=O) groups is 2. The van der Waals surface area contributed by atoms with Gasteiger partial charge >= 0.3 is 0 Å². The van der Waals surface area contributed by atoms with E-state index in [0.29, 0.717) is 32.4 Å². The van der Waals surface area contributed by atoms with E-state index in [-0.39, 0.29) is 18.4 Å². The van der Waals surface area contributed by atoms with E-state index in [9.17, 15) is 9.59 Å². The zero-order chi connectivity index (χ0) is 17.7. The number of hydrogen-bond donors (Lipinski definition) is 2. The summed E-state index contributed by atoms with van der Waals surface area (Å²) in [5.41, 5.74) is 0.0592. The van der Waals surface area contributed by atoms with Crippen LogP contribution in [0, 0.1) is 0 Å². The molecule has 0 aromatic heterocycles. The van der Waals surface area contributed by atoms with Crippen LogP contribution in [0.25, 0.3) is 0 Å². The quantitative estimate of drug-likeness (QED) is 0.740. The first-order chi connectivity index (χ1) is 12.2. The van der Waals surface area contributed by atoms with Gasteiger partial charge < -0.3 is 25.0 Å². The Bertz CT molecular complexity index is 629. The van der Waals surface area contributed by atoms with Crippen molar-refractivity contribution in [2.75, 3.05) is 44.8 Å². The fraction of sp³-hybridized carbons (Fsp3) is 0.556. The van der Waals surface area contributed by atoms with E-state index in [1.165, 1.54) is 0 Å². The Labute approximate surface area is 147 Å². The number of para-hydroxylation sites is 2. The molecule has 1 aromatic rings. The molecule has 0 spiro atoms. The van der Waals surface area contributed by atoms with Crippen LogP contribution in [0.2, 0.25) is 0 Å². The summed E-state index contributed by atoms with van der Waals surface area (Å²) in [5, 5.41) is 6.20. The van der Waals surface area contributed by atoms with Crippen molar-refractivity contribution in [2.45, 2.75) is 24.9 Å². The van der Waals surface area contributed by atoms with Crippen molar-refractivity contribution in [1.82, 2.24) is 10.6 Å². The van der Waals surface area contributed by atoms with E-state index in [2.05, 4.69) is 10.6 Å². The highest BCUT2D eigenvalue weighted by molar-refractivity contribution is 5.97. The van der Waals surface area contributed by atoms with Crippen LogP contribution in [-0.2, 0) is 14.3 Å². The van der Waals surface area contributed by atoms with Gasteiger partial charge in [0.15, 0.2) is 6.61 Å². The summed E-state index contributed by atoms with van der Waals surface area (Å²) in [5.74, 6) is 0.598. The Morgan fingerprint density at radius 1 is 1.36 bits per heavy atom. The molecule has 7 nitrogen and oxygen atoms in total. The van der Waals surface area contributed by atoms with Gasteiger partial charge in [-0.1, -0.05) is 12.1 Å². The van der Waals surface area contributed by atoms with Gasteiger partial charge in [-0.15, -0.1) is 0 Å². The minimum absolute atomic E-state index is 0.0586. The molecule has 7 heteroatoms. The van der Waals surface area contributed by atoms with Gasteiger partial charge in [0.25, 0.3) is 11.8 Å². The molecule has 3 rings (SSSR count). The Morgan fingerprint density at radius 3 is 2.88 bits per heavy atom. The lowest BCUT2D eigenvalue weighted by molar-refractivity contribution is -0.146. The average molecular weight is 347 g/mol. The molecule has 2 aliphatic rings. The van der Waals surface area contributed by atoms with Gasteiger partial charge in [-0.25, -0.2) is 0 Å². The summed E-state index contributed by atoms with van der Waals surface area (Å²) in [6.45, 7) is 2.66. The lowest BCUT2D eigenvalue weighted by atomic mass is 9.91. The maximum absolute atomic E-state index is 12.5. The number of rotatable bonds is 6. The van der Waals surface area contributed by atoms with Crippen LogP contribution in [0.15, 0.2) is 24.3 Å². The number of nitrogens with one attached hydrogen (secondary N) is 2. The van der Waals surface area contributed by atoms with Crippen molar-refractivity contribution >= 4 is 17.5 Å². The summed E-state index contributed by atoms with van der Waals surface area (Å²) in [4.78, 5) is 26.3. The molecule has 0 unspecified atom stereocenters. The second-order valence-corrected chi connectivity index (χ2v) is 6.36. The van der Waals surface area contributed by atoms with Crippen LogP contribution in [0.4, 0.5) is 5.69 Å². The number of methoxy groups -OCH3 is 1. The summed E-state index contributed by atoms with van der Waals surface area (Å²) in [6.07, 6.45) is 2.01. The number of benzene rings is 1. The normalized spacial score (nSPS) is 19.1. The molecule has 1 fully saturated rings. The van der Waals surface area contributed by atoms with E-state index in [1.807, 2.05) is 24.3 Å². The fourth-order valence-electron chi connectivity index (χ4n) is 3.35. The summed E-state index contributed by atoms with van der Waals surface area (Å²) in [7, 11) is 1.59. The molecule has 2 heterocycles. The molecule has 25 heavy (non-hydrogen) atoms. The van der Waals surface area contributed by atoms with Crippen LogP contribution in [0.3, 0.4) is 0 Å². The fourth-order valence-corrected chi connectivity index (χ4v) is 3.35. The molecule has 136 valence electrons. The van der Waals surface area contributed by atoms with E-state index < -0.39 is 5.60 Å². The molecule has 2 N–H and O–H groups in total. The van der Waals surface area contributed by atoms with Gasteiger partial charge in [0.05, 0.1) is 5.69 Å². The van der Waals surface area contributed by atoms with Crippen LogP contribution in [0.5, 0.6) is 5.75 Å². The molecule has 1 aromatic carbocycles. The van der Waals surface area contributed by atoms with Crippen molar-refractivity contribution < 1.29 is 19.1 Å². The predicted octanol–water partition coefficient (Wildman–Crippen LogP) is 0.687. The number of fused-ring (bicyclic) bond motifs is 1. The molecular formula is C18H25N3O4. The molecule has 1 saturated heterocycles. The van der Waals surface area contributed by atoms with Gasteiger partial charge in [0.1, 0.15) is 11.4 Å². The zero-order valence-corrected chi connectivity index (χ0v) is 14.5. The maximum Gasteiger partial charge on any atom is 0.265 e. The van der Waals surface area contributed by atoms with Gasteiger partial charge in [0.2, 0.25) is 0 Å². The highest BCUT2D eigenvalue weighted by Crippen LogP contribution is 2.31. The molecule has 0 atom stereocenters. The molecule has 2 amide bonds. The van der Waals surface area contributed by atoms with Crippen LogP contribution in [0.1, 0.15) is 19.3 Å². The van der Waals surface area contributed by atoms with Gasteiger partial charge in [-0.05, 0) is 44.5 Å². The number of amides is 2. The molecular weight excluding hydrogens is 322 g/mol. The van der Waals surface area contributed by atoms with E-state index >= 15 is 0 Å². The van der Waals surface area contributed by atoms with Gasteiger partial charge in [-0.2, -0.15) is 0 Å². The molecule has 0 saturated carbocycles. The summed E-state index contributed by atoms with van der Waals surface area (Å²) >= 11 is 0. The molecule has 0 radical (unpaired) electrons. The number of anilines is 1. The topological polar surface area (TPSA) is 79.9 Å². The lowest BCUT2D eigenvalue weighted by Crippen LogP contribution is -2.54. The summed E-state index contributed by atoms with van der Waals surface area (Å²) in [6, 6.07) is 7.50. The largest absolute Gasteiger partial charge is 0.482 e. The Kier molecular flexibility index (Phi) is 5.55. The van der Waals surface area contributed by atoms with Crippen LogP contribution in [-0.4, -0.2) is 57.3 Å². The van der Waals surface area contributed by atoms with Crippen LogP contribution >= 0.6 is 0 Å². The number of carbonyl (C=O) groups excluding carboxylic acids is 2. The third-order valence-electron chi connectivity index (χ3n) is 4.87. The number of nitrogens with zero attached hydrogens (tertiary/aromatic N) is 1. The van der Waals surface area contributed by atoms with Gasteiger partial charge in [0, 0.05) is 20.2 Å². The lowest BCUT2D eigenvalue weighted by Gasteiger charge is -2.35. The number of piperidine rings is 1. The summed E-state index contributed by atoms with van der Waals surface area (Å²) < 4.78 is 11.0. The smallest absolute Gasteiger partial charge is 0.265 e. The second kappa shape index (κ2) is 7.84. The van der Waals surface area contributed by atoms with E-state index in [1.54, 1.807) is 12.0 Å². The first-order valence-corrected chi connectivity index (χ1v) is 8.73. The van der Waals surface area contributed by atoms with Crippen molar-refractivity contribution in [3.05, 3.63) is 24.3 Å². The zero-order valence-electron chi connectivity index (χ0n) is 14.5. The monoisotopic (exact) mass is 347 g/mol. The first-order valence-electron chi connectivity index (χ1n) is 8.73. The number of hydrogen-bond acceptors (Lipinski definition) is 5. The molecule has 0 aliphatic carbocycles. The van der Waals surface area contributed by atoms with E-state index in [0.717, 1.165) is 24.5 Å². The Balaban J connectivity index is 1.51. The van der Waals surface area contributed by atoms with Crippen LogP contribution < -0.4 is 20.3 Å². The Hall–Kier alpha value is -2.12. The second-order valence-electron chi connectivity index (χ2n) is 6.36. The highest BCUT2D eigenvalue weighted by Gasteiger charge is 2.39. The number of ether oxygens (including phenoxy) is 2. The average Bonchev–Trinajstić information content (AvgIpc) is 2.66. The van der Waals surface area contributed by atoms with E-state index in [4.69, 9.17) is 9.47 Å². The standard InChI is InChI=1S/C18H25N3O4/c1-24-18(7-10-19-11-8-18)17(23)20-9-4-12-21-14-5-2-3-6-15(14)25-13-16(21)22/h2-3,5-6,19H,4,7-13H2,1H3,(H,20,23). The van der Waals surface area contributed by atoms with Crippen molar-refractivity contribution in [3.8, 4) is 5.75 Å². The third kappa shape index (κ3) is 3.77. The van der Waals surface area contributed by atoms with Crippen molar-refractivity contribution in [3.63, 3.8) is 0 Å². The SMILES string of the molecule is COC1(C(=O)NCCCN2C(=O)COc3ccccc32)CCNCC1. The molecule has 0 bridgehead atoms. The minimum Gasteiger partial charge on any atom is -0.482 e. The Morgan fingerprint density at radius 2 is 2.12 bits per heavy atom. The minimum atomic E-state index is -0.730. The first kappa shape index (κ1) is 17.7.